The predicted octanol–water partition coefficient (Wildman–Crippen LogP) is 7.54. The molecule has 0 amide bonds. The average molecular weight is 456 g/mol. The Morgan fingerprint density at radius 1 is 1.00 bits per heavy atom. The fraction of sp³-hybridized carbons (Fsp3) is 0.231. The van der Waals surface area contributed by atoms with Crippen LogP contribution in [-0.4, -0.2) is 7.11 Å². The molecule has 0 aliphatic rings. The number of hydrogen-bond acceptors (Lipinski definition) is 3. The van der Waals surface area contributed by atoms with Gasteiger partial charge >= 0.3 is 0 Å². The number of methoxy groups -OCH3 is 1. The Labute approximate surface area is 194 Å². The molecule has 5 heteroatoms. The van der Waals surface area contributed by atoms with Crippen molar-refractivity contribution in [3.8, 4) is 11.5 Å². The van der Waals surface area contributed by atoms with E-state index < -0.39 is 0 Å². The summed E-state index contributed by atoms with van der Waals surface area (Å²) >= 11 is 12.3. The van der Waals surface area contributed by atoms with Crippen molar-refractivity contribution < 1.29 is 9.47 Å². The van der Waals surface area contributed by atoms with Crippen LogP contribution in [0, 0.1) is 13.8 Å². The Kier molecular flexibility index (Phi) is 7.89. The third-order valence-corrected chi connectivity index (χ3v) is 5.61. The minimum absolute atomic E-state index is 0.316. The van der Waals surface area contributed by atoms with E-state index in [0.717, 1.165) is 22.4 Å². The van der Waals surface area contributed by atoms with Crippen molar-refractivity contribution in [3.05, 3.63) is 99.0 Å². The first-order valence-corrected chi connectivity index (χ1v) is 10.9. The molecule has 0 aliphatic carbocycles. The highest BCUT2D eigenvalue weighted by atomic mass is 35.5. The van der Waals surface area contributed by atoms with Gasteiger partial charge in [-0.15, -0.1) is 6.58 Å². The zero-order valence-corrected chi connectivity index (χ0v) is 19.6. The van der Waals surface area contributed by atoms with Crippen molar-refractivity contribution >= 4 is 28.9 Å². The maximum Gasteiger partial charge on any atom is 0.165 e. The second kappa shape index (κ2) is 10.6. The van der Waals surface area contributed by atoms with Crippen LogP contribution in [-0.2, 0) is 19.6 Å². The Hall–Kier alpha value is -2.62. The summed E-state index contributed by atoms with van der Waals surface area (Å²) in [7, 11) is 1.65. The van der Waals surface area contributed by atoms with Crippen LogP contribution < -0.4 is 14.8 Å². The van der Waals surface area contributed by atoms with E-state index in [9.17, 15) is 0 Å². The standard InChI is InChI=1S/C26H27Cl2NO2/c1-5-6-20-12-19(15-29-24-10-7-17(2)11-18(24)3)13-25(30-4)26(20)31-16-21-8-9-22(27)14-23(21)28/h5,7-14,29H,1,6,15-16H2,2-4H3. The number of hydrogen-bond donors (Lipinski definition) is 1. The first-order valence-electron chi connectivity index (χ1n) is 10.1. The monoisotopic (exact) mass is 455 g/mol. The van der Waals surface area contributed by atoms with E-state index in [4.69, 9.17) is 32.7 Å². The van der Waals surface area contributed by atoms with Crippen molar-refractivity contribution in [2.45, 2.75) is 33.4 Å². The van der Waals surface area contributed by atoms with Gasteiger partial charge in [-0.1, -0.05) is 53.0 Å². The normalized spacial score (nSPS) is 10.6. The number of nitrogens with one attached hydrogen (secondary N) is 1. The number of rotatable bonds is 9. The predicted molar refractivity (Wildman–Crippen MR) is 131 cm³/mol. The van der Waals surface area contributed by atoms with Crippen LogP contribution in [0.25, 0.3) is 0 Å². The number of halogens is 2. The maximum absolute atomic E-state index is 6.30. The van der Waals surface area contributed by atoms with Gasteiger partial charge in [0, 0.05) is 33.4 Å². The Balaban J connectivity index is 1.83. The molecular weight excluding hydrogens is 429 g/mol. The summed E-state index contributed by atoms with van der Waals surface area (Å²) in [5.74, 6) is 1.38. The van der Waals surface area contributed by atoms with Crippen LogP contribution in [0.2, 0.25) is 10.0 Å². The van der Waals surface area contributed by atoms with Gasteiger partial charge in [0.1, 0.15) is 6.61 Å². The number of aryl methyl sites for hydroxylation is 2. The summed E-state index contributed by atoms with van der Waals surface area (Å²) in [6.45, 7) is 9.09. The van der Waals surface area contributed by atoms with E-state index in [1.54, 1.807) is 19.2 Å². The van der Waals surface area contributed by atoms with E-state index in [1.807, 2.05) is 18.2 Å². The molecule has 0 saturated heterocycles. The summed E-state index contributed by atoms with van der Waals surface area (Å²) in [6, 6.07) is 15.9. The lowest BCUT2D eigenvalue weighted by atomic mass is 10.0. The molecule has 0 unspecified atom stereocenters. The minimum atomic E-state index is 0.316. The quantitative estimate of drug-likeness (QED) is 0.338. The lowest BCUT2D eigenvalue weighted by Crippen LogP contribution is -2.05. The fourth-order valence-corrected chi connectivity index (χ4v) is 3.91. The van der Waals surface area contributed by atoms with Crippen LogP contribution in [0.15, 0.2) is 61.2 Å². The lowest BCUT2D eigenvalue weighted by molar-refractivity contribution is 0.282. The van der Waals surface area contributed by atoms with E-state index in [2.05, 4.69) is 50.0 Å². The molecule has 0 aromatic heterocycles. The molecule has 3 aromatic carbocycles. The van der Waals surface area contributed by atoms with Gasteiger partial charge in [-0.2, -0.15) is 0 Å². The summed E-state index contributed by atoms with van der Waals surface area (Å²) in [6.07, 6.45) is 2.52. The zero-order chi connectivity index (χ0) is 22.4. The molecule has 0 aliphatic heterocycles. The lowest BCUT2D eigenvalue weighted by Gasteiger charge is -2.18. The number of anilines is 1. The second-order valence-corrected chi connectivity index (χ2v) is 8.32. The van der Waals surface area contributed by atoms with E-state index >= 15 is 0 Å². The van der Waals surface area contributed by atoms with Crippen molar-refractivity contribution in [2.75, 3.05) is 12.4 Å². The van der Waals surface area contributed by atoms with Gasteiger partial charge in [-0.05, 0) is 61.7 Å². The molecule has 0 radical (unpaired) electrons. The third kappa shape index (κ3) is 5.96. The number of benzene rings is 3. The van der Waals surface area contributed by atoms with Crippen molar-refractivity contribution in [1.29, 1.82) is 0 Å². The molecule has 0 saturated carbocycles. The highest BCUT2D eigenvalue weighted by Gasteiger charge is 2.14. The van der Waals surface area contributed by atoms with Gasteiger partial charge in [-0.25, -0.2) is 0 Å². The molecule has 162 valence electrons. The fourth-order valence-electron chi connectivity index (χ4n) is 3.45. The van der Waals surface area contributed by atoms with Crippen LogP contribution in [0.3, 0.4) is 0 Å². The molecule has 0 heterocycles. The summed E-state index contributed by atoms with van der Waals surface area (Å²) in [5.41, 5.74) is 6.56. The van der Waals surface area contributed by atoms with Gasteiger partial charge < -0.3 is 14.8 Å². The molecule has 3 aromatic rings. The molecular formula is C26H27Cl2NO2. The SMILES string of the molecule is C=CCc1cc(CNc2ccc(C)cc2C)cc(OC)c1OCc1ccc(Cl)cc1Cl. The van der Waals surface area contributed by atoms with Crippen LogP contribution >= 0.6 is 23.2 Å². The molecule has 0 bridgehead atoms. The molecule has 0 fully saturated rings. The number of ether oxygens (including phenoxy) is 2. The Morgan fingerprint density at radius 2 is 1.81 bits per heavy atom. The summed E-state index contributed by atoms with van der Waals surface area (Å²) in [4.78, 5) is 0. The van der Waals surface area contributed by atoms with Crippen molar-refractivity contribution in [2.24, 2.45) is 0 Å². The minimum Gasteiger partial charge on any atom is -0.493 e. The zero-order valence-electron chi connectivity index (χ0n) is 18.1. The highest BCUT2D eigenvalue weighted by molar-refractivity contribution is 6.35. The van der Waals surface area contributed by atoms with E-state index in [1.165, 1.54) is 11.1 Å². The second-order valence-electron chi connectivity index (χ2n) is 7.48. The molecule has 3 rings (SSSR count). The van der Waals surface area contributed by atoms with Gasteiger partial charge in [-0.3, -0.25) is 0 Å². The van der Waals surface area contributed by atoms with Crippen LogP contribution in [0.4, 0.5) is 5.69 Å². The Bertz CT molecular complexity index is 1080. The van der Waals surface area contributed by atoms with E-state index in [0.29, 0.717) is 41.1 Å². The highest BCUT2D eigenvalue weighted by Crippen LogP contribution is 2.35. The average Bonchev–Trinajstić information content (AvgIpc) is 2.73. The number of allylic oxidation sites excluding steroid dienone is 1. The Morgan fingerprint density at radius 3 is 2.48 bits per heavy atom. The van der Waals surface area contributed by atoms with Crippen LogP contribution in [0.5, 0.6) is 11.5 Å². The molecule has 31 heavy (non-hydrogen) atoms. The summed E-state index contributed by atoms with van der Waals surface area (Å²) in [5, 5.41) is 4.69. The van der Waals surface area contributed by atoms with Crippen molar-refractivity contribution in [1.82, 2.24) is 0 Å². The first-order chi connectivity index (χ1) is 14.9. The first kappa shape index (κ1) is 23.1. The topological polar surface area (TPSA) is 30.5 Å². The van der Waals surface area contributed by atoms with Crippen LogP contribution in [0.1, 0.15) is 27.8 Å². The third-order valence-electron chi connectivity index (χ3n) is 5.03. The maximum atomic E-state index is 6.30. The van der Waals surface area contributed by atoms with Gasteiger partial charge in [0.15, 0.2) is 11.5 Å². The van der Waals surface area contributed by atoms with Gasteiger partial charge in [0.05, 0.1) is 7.11 Å². The largest absolute Gasteiger partial charge is 0.493 e. The smallest absolute Gasteiger partial charge is 0.165 e. The van der Waals surface area contributed by atoms with E-state index in [-0.39, 0.29) is 0 Å². The molecule has 1 N–H and O–H groups in total. The van der Waals surface area contributed by atoms with Gasteiger partial charge in [0.25, 0.3) is 0 Å². The van der Waals surface area contributed by atoms with Crippen molar-refractivity contribution in [3.63, 3.8) is 0 Å². The molecule has 3 nitrogen and oxygen atoms in total. The van der Waals surface area contributed by atoms with Gasteiger partial charge in [0.2, 0.25) is 0 Å². The summed E-state index contributed by atoms with van der Waals surface area (Å²) < 4.78 is 11.8. The molecule has 0 atom stereocenters. The molecule has 0 spiro atoms.